The SMILES string of the molecule is C=CCC(C(=O)OCC)(C(=O)OCC)C(C/C=C/C)(C(=O)OCC)C(=O)OCC. The third-order valence-electron chi connectivity index (χ3n) is 4.33. The van der Waals surface area contributed by atoms with Crippen molar-refractivity contribution in [1.29, 1.82) is 0 Å². The molecule has 0 aliphatic carbocycles. The molecule has 8 heteroatoms. The molecule has 0 aliphatic rings. The summed E-state index contributed by atoms with van der Waals surface area (Å²) in [5.41, 5.74) is -4.71. The topological polar surface area (TPSA) is 105 Å². The zero-order valence-corrected chi connectivity index (χ0v) is 17.9. The standard InChI is InChI=1S/C21H32O8/c1-7-13-15-21(18(24)28-11-5,19(25)29-12-6)20(14-8-2,16(22)26-9-3)17(23)27-10-4/h7-8,13H,2,9-12,14-15H2,1,3-6H3/b13-7+. The molecule has 0 aliphatic heterocycles. The molecule has 0 fully saturated rings. The minimum absolute atomic E-state index is 0.0777. The molecule has 0 saturated carbocycles. The van der Waals surface area contributed by atoms with Gasteiger partial charge in [0.2, 0.25) is 0 Å². The summed E-state index contributed by atoms with van der Waals surface area (Å²) in [4.78, 5) is 52.8. The molecular weight excluding hydrogens is 380 g/mol. The van der Waals surface area contributed by atoms with Crippen LogP contribution in [0.2, 0.25) is 0 Å². The van der Waals surface area contributed by atoms with Gasteiger partial charge in [-0.3, -0.25) is 19.2 Å². The molecule has 0 amide bonds. The molecule has 0 radical (unpaired) electrons. The van der Waals surface area contributed by atoms with Crippen LogP contribution in [0.3, 0.4) is 0 Å². The van der Waals surface area contributed by atoms with Crippen LogP contribution in [0.4, 0.5) is 0 Å². The van der Waals surface area contributed by atoms with E-state index in [-0.39, 0.29) is 39.3 Å². The first kappa shape index (κ1) is 26.4. The molecule has 29 heavy (non-hydrogen) atoms. The number of hydrogen-bond acceptors (Lipinski definition) is 8. The molecule has 0 bridgehead atoms. The molecule has 0 spiro atoms. The summed E-state index contributed by atoms with van der Waals surface area (Å²) < 4.78 is 20.6. The number of hydrogen-bond donors (Lipinski definition) is 0. The van der Waals surface area contributed by atoms with Gasteiger partial charge in [-0.05, 0) is 47.5 Å². The van der Waals surface area contributed by atoms with Crippen molar-refractivity contribution in [2.24, 2.45) is 10.8 Å². The van der Waals surface area contributed by atoms with Crippen LogP contribution in [0.5, 0.6) is 0 Å². The smallest absolute Gasteiger partial charge is 0.325 e. The van der Waals surface area contributed by atoms with E-state index in [1.54, 1.807) is 40.7 Å². The van der Waals surface area contributed by atoms with Gasteiger partial charge in [0.05, 0.1) is 26.4 Å². The van der Waals surface area contributed by atoms with Gasteiger partial charge in [-0.15, -0.1) is 6.58 Å². The Morgan fingerprint density at radius 2 is 1.00 bits per heavy atom. The Kier molecular flexibility index (Phi) is 11.6. The van der Waals surface area contributed by atoms with Crippen LogP contribution >= 0.6 is 0 Å². The maximum atomic E-state index is 13.2. The fourth-order valence-corrected chi connectivity index (χ4v) is 3.07. The normalized spacial score (nSPS) is 11.6. The van der Waals surface area contributed by atoms with Gasteiger partial charge in [-0.25, -0.2) is 0 Å². The van der Waals surface area contributed by atoms with Crippen molar-refractivity contribution < 1.29 is 38.1 Å². The predicted molar refractivity (Wildman–Crippen MR) is 106 cm³/mol. The molecule has 0 heterocycles. The minimum atomic E-state index is -2.36. The average Bonchev–Trinajstić information content (AvgIpc) is 2.68. The number of carbonyl (C=O) groups is 4. The van der Waals surface area contributed by atoms with Crippen LogP contribution in [0, 0.1) is 10.8 Å². The second kappa shape index (κ2) is 12.7. The van der Waals surface area contributed by atoms with Crippen LogP contribution in [-0.4, -0.2) is 50.3 Å². The first-order valence-electron chi connectivity index (χ1n) is 9.71. The Balaban J connectivity index is 7.29. The van der Waals surface area contributed by atoms with E-state index in [1.165, 1.54) is 12.2 Å². The molecule has 0 N–H and O–H groups in total. The van der Waals surface area contributed by atoms with Gasteiger partial charge < -0.3 is 18.9 Å². The van der Waals surface area contributed by atoms with Gasteiger partial charge in [0.25, 0.3) is 0 Å². The lowest BCUT2D eigenvalue weighted by Crippen LogP contribution is -2.62. The van der Waals surface area contributed by atoms with Crippen molar-refractivity contribution >= 4 is 23.9 Å². The highest BCUT2D eigenvalue weighted by Gasteiger charge is 2.72. The van der Waals surface area contributed by atoms with Crippen molar-refractivity contribution in [3.05, 3.63) is 24.8 Å². The van der Waals surface area contributed by atoms with E-state index in [4.69, 9.17) is 18.9 Å². The molecule has 0 aromatic heterocycles. The van der Waals surface area contributed by atoms with Crippen molar-refractivity contribution in [1.82, 2.24) is 0 Å². The molecule has 164 valence electrons. The molecule has 0 unspecified atom stereocenters. The van der Waals surface area contributed by atoms with E-state index >= 15 is 0 Å². The lowest BCUT2D eigenvalue weighted by molar-refractivity contribution is -0.203. The number of carbonyl (C=O) groups excluding carboxylic acids is 4. The molecule has 8 nitrogen and oxygen atoms in total. The van der Waals surface area contributed by atoms with Gasteiger partial charge in [0.1, 0.15) is 0 Å². The fourth-order valence-electron chi connectivity index (χ4n) is 3.07. The van der Waals surface area contributed by atoms with E-state index in [0.717, 1.165) is 0 Å². The summed E-state index contributed by atoms with van der Waals surface area (Å²) in [6.45, 7) is 11.1. The minimum Gasteiger partial charge on any atom is -0.465 e. The number of esters is 4. The largest absolute Gasteiger partial charge is 0.465 e. The average molecular weight is 412 g/mol. The van der Waals surface area contributed by atoms with Crippen molar-refractivity contribution in [2.45, 2.75) is 47.5 Å². The van der Waals surface area contributed by atoms with Gasteiger partial charge in [-0.1, -0.05) is 18.2 Å². The van der Waals surface area contributed by atoms with Crippen LogP contribution in [0.15, 0.2) is 24.8 Å². The Morgan fingerprint density at radius 1 is 0.690 bits per heavy atom. The maximum absolute atomic E-state index is 13.2. The van der Waals surface area contributed by atoms with E-state index in [1.807, 2.05) is 0 Å². The highest BCUT2D eigenvalue weighted by molar-refractivity contribution is 6.14. The highest BCUT2D eigenvalue weighted by atomic mass is 16.6. The van der Waals surface area contributed by atoms with E-state index in [2.05, 4.69) is 6.58 Å². The molecule has 0 aromatic carbocycles. The van der Waals surface area contributed by atoms with E-state index < -0.39 is 34.7 Å². The summed E-state index contributed by atoms with van der Waals surface area (Å²) in [5, 5.41) is 0. The summed E-state index contributed by atoms with van der Waals surface area (Å²) in [5.74, 6) is -4.30. The number of rotatable bonds is 13. The first-order valence-corrected chi connectivity index (χ1v) is 9.71. The summed E-state index contributed by atoms with van der Waals surface area (Å²) in [6.07, 6.45) is 3.62. The Morgan fingerprint density at radius 3 is 1.24 bits per heavy atom. The van der Waals surface area contributed by atoms with Crippen molar-refractivity contribution in [3.8, 4) is 0 Å². The van der Waals surface area contributed by atoms with Crippen LogP contribution in [0.25, 0.3) is 0 Å². The molecule has 0 rings (SSSR count). The van der Waals surface area contributed by atoms with Crippen molar-refractivity contribution in [2.75, 3.05) is 26.4 Å². The second-order valence-corrected chi connectivity index (χ2v) is 5.96. The van der Waals surface area contributed by atoms with Crippen LogP contribution in [0.1, 0.15) is 47.5 Å². The third-order valence-corrected chi connectivity index (χ3v) is 4.33. The summed E-state index contributed by atoms with van der Waals surface area (Å²) in [7, 11) is 0. The predicted octanol–water partition coefficient (Wildman–Crippen LogP) is 2.75. The first-order chi connectivity index (χ1) is 13.8. The summed E-state index contributed by atoms with van der Waals surface area (Å²) >= 11 is 0. The second-order valence-electron chi connectivity index (χ2n) is 5.96. The Labute approximate surface area is 172 Å². The monoisotopic (exact) mass is 412 g/mol. The molecule has 0 saturated heterocycles. The Hall–Kier alpha value is -2.64. The van der Waals surface area contributed by atoms with Gasteiger partial charge in [-0.2, -0.15) is 0 Å². The molecule has 0 aromatic rings. The van der Waals surface area contributed by atoms with Crippen molar-refractivity contribution in [3.63, 3.8) is 0 Å². The van der Waals surface area contributed by atoms with E-state index in [0.29, 0.717) is 0 Å². The van der Waals surface area contributed by atoms with E-state index in [9.17, 15) is 19.2 Å². The van der Waals surface area contributed by atoms with Crippen LogP contribution < -0.4 is 0 Å². The lowest BCUT2D eigenvalue weighted by Gasteiger charge is -2.41. The van der Waals surface area contributed by atoms with Gasteiger partial charge in [0, 0.05) is 0 Å². The summed E-state index contributed by atoms with van der Waals surface area (Å²) in [6, 6.07) is 0. The number of ether oxygens (including phenoxy) is 4. The van der Waals surface area contributed by atoms with Gasteiger partial charge >= 0.3 is 23.9 Å². The maximum Gasteiger partial charge on any atom is 0.325 e. The quantitative estimate of drug-likeness (QED) is 0.197. The lowest BCUT2D eigenvalue weighted by atomic mass is 9.59. The third kappa shape index (κ3) is 5.25. The zero-order valence-electron chi connectivity index (χ0n) is 17.9. The fraction of sp³-hybridized carbons (Fsp3) is 0.619. The zero-order chi connectivity index (χ0) is 22.5. The Bertz CT molecular complexity index is 584. The molecular formula is C21H32O8. The number of allylic oxidation sites excluding steroid dienone is 3. The molecule has 0 atom stereocenters. The van der Waals surface area contributed by atoms with Gasteiger partial charge in [0.15, 0.2) is 10.8 Å². The van der Waals surface area contributed by atoms with Crippen LogP contribution in [-0.2, 0) is 38.1 Å². The highest BCUT2D eigenvalue weighted by Crippen LogP contribution is 2.50.